The van der Waals surface area contributed by atoms with Crippen molar-refractivity contribution in [2.75, 3.05) is 18.1 Å². The number of nitrogens with one attached hydrogen (secondary N) is 1. The summed E-state index contributed by atoms with van der Waals surface area (Å²) in [5, 5.41) is 3.52. The summed E-state index contributed by atoms with van der Waals surface area (Å²) < 4.78 is 1.62. The number of carbonyl (C=O) groups excluding carboxylic acids is 1. The van der Waals surface area contributed by atoms with Crippen LogP contribution >= 0.6 is 23.5 Å². The molecule has 3 aromatic rings. The fraction of sp³-hybridized carbons (Fsp3) is 0.227. The first kappa shape index (κ1) is 19.8. The maximum atomic E-state index is 13.0. The lowest BCUT2D eigenvalue weighted by Gasteiger charge is -2.13. The molecular formula is C22H21N3O2S2. The molecule has 1 aliphatic heterocycles. The highest BCUT2D eigenvalue weighted by Crippen LogP contribution is 2.29. The third-order valence-electron chi connectivity index (χ3n) is 4.59. The van der Waals surface area contributed by atoms with Gasteiger partial charge in [0.25, 0.3) is 5.56 Å². The summed E-state index contributed by atoms with van der Waals surface area (Å²) >= 11 is 2.87. The van der Waals surface area contributed by atoms with Gasteiger partial charge in [-0.25, -0.2) is 4.98 Å². The third-order valence-corrected chi connectivity index (χ3v) is 6.64. The van der Waals surface area contributed by atoms with E-state index in [0.29, 0.717) is 11.7 Å². The first-order chi connectivity index (χ1) is 14.2. The molecule has 0 unspecified atom stereocenters. The van der Waals surface area contributed by atoms with Crippen molar-refractivity contribution in [1.29, 1.82) is 0 Å². The van der Waals surface area contributed by atoms with Gasteiger partial charge in [0.2, 0.25) is 5.91 Å². The average Bonchev–Trinajstić information content (AvgIpc) is 3.23. The van der Waals surface area contributed by atoms with E-state index in [9.17, 15) is 9.59 Å². The van der Waals surface area contributed by atoms with Crippen LogP contribution in [0.25, 0.3) is 5.69 Å². The van der Waals surface area contributed by atoms with E-state index in [1.54, 1.807) is 16.3 Å². The van der Waals surface area contributed by atoms with E-state index in [-0.39, 0.29) is 17.2 Å². The molecule has 1 N–H and O–H groups in total. The van der Waals surface area contributed by atoms with Gasteiger partial charge in [-0.15, -0.1) is 11.8 Å². The Balaban J connectivity index is 1.46. The zero-order valence-corrected chi connectivity index (χ0v) is 17.5. The van der Waals surface area contributed by atoms with E-state index in [1.807, 2.05) is 60.7 Å². The summed E-state index contributed by atoms with van der Waals surface area (Å²) in [4.78, 5) is 30.8. The van der Waals surface area contributed by atoms with Crippen LogP contribution in [0.2, 0.25) is 0 Å². The van der Waals surface area contributed by atoms with Crippen LogP contribution in [0, 0.1) is 0 Å². The summed E-state index contributed by atoms with van der Waals surface area (Å²) in [6, 6.07) is 19.5. The standard InChI is InChI=1S/C22H21N3O2S2/c26-19(23-13-11-16-7-3-1-4-8-16)15-29-22-24-18-12-14-28-20(18)21(27)25(22)17-9-5-2-6-10-17/h1-10H,11-15H2,(H,23,26). The van der Waals surface area contributed by atoms with Gasteiger partial charge in [-0.2, -0.15) is 0 Å². The number of para-hydroxylation sites is 1. The fourth-order valence-electron chi connectivity index (χ4n) is 3.17. The van der Waals surface area contributed by atoms with Gasteiger partial charge in [-0.3, -0.25) is 14.2 Å². The molecule has 0 bridgehead atoms. The molecule has 0 aliphatic carbocycles. The zero-order valence-electron chi connectivity index (χ0n) is 15.8. The minimum atomic E-state index is -0.0605. The molecule has 29 heavy (non-hydrogen) atoms. The number of aryl methyl sites for hydroxylation is 1. The number of fused-ring (bicyclic) bond motifs is 1. The summed E-state index contributed by atoms with van der Waals surface area (Å²) in [5.74, 6) is 1.04. The number of amides is 1. The van der Waals surface area contributed by atoms with E-state index in [4.69, 9.17) is 4.98 Å². The number of aromatic nitrogens is 2. The molecule has 1 aromatic heterocycles. The van der Waals surface area contributed by atoms with Gasteiger partial charge in [0, 0.05) is 18.7 Å². The number of hydrogen-bond acceptors (Lipinski definition) is 5. The molecule has 0 fully saturated rings. The van der Waals surface area contributed by atoms with Crippen molar-refractivity contribution in [3.63, 3.8) is 0 Å². The molecule has 2 heterocycles. The molecule has 0 atom stereocenters. The zero-order chi connectivity index (χ0) is 20.1. The Bertz CT molecular complexity index is 1050. The first-order valence-corrected chi connectivity index (χ1v) is 11.5. The predicted molar refractivity (Wildman–Crippen MR) is 118 cm³/mol. The lowest BCUT2D eigenvalue weighted by molar-refractivity contribution is -0.118. The molecule has 2 aromatic carbocycles. The lowest BCUT2D eigenvalue weighted by atomic mass is 10.1. The summed E-state index contributed by atoms with van der Waals surface area (Å²) in [7, 11) is 0. The monoisotopic (exact) mass is 423 g/mol. The number of hydrogen-bond donors (Lipinski definition) is 1. The Hall–Kier alpha value is -2.51. The van der Waals surface area contributed by atoms with Crippen LogP contribution in [0.15, 0.2) is 75.5 Å². The smallest absolute Gasteiger partial charge is 0.272 e. The number of thioether (sulfide) groups is 2. The molecule has 5 nitrogen and oxygen atoms in total. The second kappa shape index (κ2) is 9.33. The molecule has 1 amide bonds. The summed E-state index contributed by atoms with van der Waals surface area (Å²) in [6.45, 7) is 0.586. The average molecular weight is 424 g/mol. The highest BCUT2D eigenvalue weighted by atomic mass is 32.2. The van der Waals surface area contributed by atoms with Gasteiger partial charge in [-0.1, -0.05) is 60.3 Å². The lowest BCUT2D eigenvalue weighted by Crippen LogP contribution is -2.28. The third kappa shape index (κ3) is 4.74. The van der Waals surface area contributed by atoms with E-state index >= 15 is 0 Å². The maximum Gasteiger partial charge on any atom is 0.272 e. The van der Waals surface area contributed by atoms with Gasteiger partial charge < -0.3 is 5.32 Å². The van der Waals surface area contributed by atoms with Crippen LogP contribution in [0.5, 0.6) is 0 Å². The Morgan fingerprint density at radius 3 is 2.59 bits per heavy atom. The van der Waals surface area contributed by atoms with Gasteiger partial charge in [0.1, 0.15) is 0 Å². The quantitative estimate of drug-likeness (QED) is 0.467. The van der Waals surface area contributed by atoms with Gasteiger partial charge in [-0.05, 0) is 24.1 Å². The minimum Gasteiger partial charge on any atom is -0.355 e. The molecule has 0 radical (unpaired) electrons. The number of nitrogens with zero attached hydrogens (tertiary/aromatic N) is 2. The van der Waals surface area contributed by atoms with Crippen molar-refractivity contribution in [3.8, 4) is 5.69 Å². The largest absolute Gasteiger partial charge is 0.355 e. The number of rotatable bonds is 7. The van der Waals surface area contributed by atoms with E-state index in [2.05, 4.69) is 5.32 Å². The Labute approximate surface area is 177 Å². The predicted octanol–water partition coefficient (Wildman–Crippen LogP) is 3.33. The first-order valence-electron chi connectivity index (χ1n) is 9.50. The number of benzene rings is 2. The second-order valence-corrected chi connectivity index (χ2v) is 8.67. The van der Waals surface area contributed by atoms with Crippen molar-refractivity contribution < 1.29 is 4.79 Å². The molecule has 0 spiro atoms. The normalized spacial score (nSPS) is 12.6. The van der Waals surface area contributed by atoms with Crippen LogP contribution in [0.1, 0.15) is 11.3 Å². The SMILES string of the molecule is O=C(CSc1nc2c(c(=O)n1-c1ccccc1)SCC2)NCCc1ccccc1. The molecule has 0 saturated carbocycles. The highest BCUT2D eigenvalue weighted by molar-refractivity contribution is 8.00. The highest BCUT2D eigenvalue weighted by Gasteiger charge is 2.22. The summed E-state index contributed by atoms with van der Waals surface area (Å²) in [6.07, 6.45) is 1.59. The fourth-order valence-corrected chi connectivity index (χ4v) is 5.05. The van der Waals surface area contributed by atoms with Crippen molar-refractivity contribution in [1.82, 2.24) is 14.9 Å². The van der Waals surface area contributed by atoms with E-state index in [0.717, 1.165) is 34.9 Å². The van der Waals surface area contributed by atoms with E-state index < -0.39 is 0 Å². The molecule has 0 saturated heterocycles. The van der Waals surface area contributed by atoms with E-state index in [1.165, 1.54) is 17.3 Å². The van der Waals surface area contributed by atoms with Crippen molar-refractivity contribution in [3.05, 3.63) is 82.3 Å². The molecule has 4 rings (SSSR count). The van der Waals surface area contributed by atoms with Crippen LogP contribution in [-0.2, 0) is 17.6 Å². The van der Waals surface area contributed by atoms with Crippen molar-refractivity contribution in [2.45, 2.75) is 22.9 Å². The molecule has 1 aliphatic rings. The molecule has 7 heteroatoms. The van der Waals surface area contributed by atoms with Gasteiger partial charge >= 0.3 is 0 Å². The number of carbonyl (C=O) groups is 1. The van der Waals surface area contributed by atoms with Gasteiger partial charge in [0.05, 0.1) is 22.0 Å². The topological polar surface area (TPSA) is 64.0 Å². The molecular weight excluding hydrogens is 402 g/mol. The Kier molecular flexibility index (Phi) is 6.36. The van der Waals surface area contributed by atoms with Crippen molar-refractivity contribution >= 4 is 29.4 Å². The van der Waals surface area contributed by atoms with Crippen LogP contribution in [-0.4, -0.2) is 33.5 Å². The Morgan fingerprint density at radius 2 is 1.83 bits per heavy atom. The Morgan fingerprint density at radius 1 is 1.10 bits per heavy atom. The van der Waals surface area contributed by atoms with Gasteiger partial charge in [0.15, 0.2) is 5.16 Å². The van der Waals surface area contributed by atoms with Crippen molar-refractivity contribution in [2.24, 2.45) is 0 Å². The van der Waals surface area contributed by atoms with Crippen LogP contribution < -0.4 is 10.9 Å². The van der Waals surface area contributed by atoms with Crippen LogP contribution in [0.4, 0.5) is 0 Å². The summed E-state index contributed by atoms with van der Waals surface area (Å²) in [5.41, 5.74) is 2.76. The minimum absolute atomic E-state index is 0.0457. The molecule has 148 valence electrons. The van der Waals surface area contributed by atoms with Crippen LogP contribution in [0.3, 0.4) is 0 Å². The maximum absolute atomic E-state index is 13.0. The second-order valence-electron chi connectivity index (χ2n) is 6.62.